The SMILES string of the molecule is CC(C)c1nccc(C(=O)N2CCn3cncc3C2)n1. The number of hydrogen-bond acceptors (Lipinski definition) is 4. The molecule has 0 aromatic carbocycles. The lowest BCUT2D eigenvalue weighted by atomic mass is 10.2. The summed E-state index contributed by atoms with van der Waals surface area (Å²) < 4.78 is 2.07. The predicted molar refractivity (Wildman–Crippen MR) is 73.1 cm³/mol. The quantitative estimate of drug-likeness (QED) is 0.829. The molecule has 3 heterocycles. The highest BCUT2D eigenvalue weighted by Gasteiger charge is 2.23. The van der Waals surface area contributed by atoms with Crippen molar-refractivity contribution in [1.29, 1.82) is 0 Å². The molecule has 0 aliphatic carbocycles. The molecule has 0 radical (unpaired) electrons. The van der Waals surface area contributed by atoms with Crippen molar-refractivity contribution in [2.75, 3.05) is 6.54 Å². The molecule has 6 heteroatoms. The molecule has 6 nitrogen and oxygen atoms in total. The highest BCUT2D eigenvalue weighted by molar-refractivity contribution is 5.92. The summed E-state index contributed by atoms with van der Waals surface area (Å²) in [5, 5.41) is 0. The van der Waals surface area contributed by atoms with Crippen LogP contribution in [-0.4, -0.2) is 36.9 Å². The van der Waals surface area contributed by atoms with Crippen molar-refractivity contribution in [3.05, 3.63) is 42.0 Å². The number of carbonyl (C=O) groups excluding carboxylic acids is 1. The van der Waals surface area contributed by atoms with Crippen LogP contribution >= 0.6 is 0 Å². The number of fused-ring (bicyclic) bond motifs is 1. The van der Waals surface area contributed by atoms with Gasteiger partial charge >= 0.3 is 0 Å². The normalized spacial score (nSPS) is 14.4. The summed E-state index contributed by atoms with van der Waals surface area (Å²) >= 11 is 0. The molecule has 0 unspecified atom stereocenters. The number of carbonyl (C=O) groups is 1. The van der Waals surface area contributed by atoms with E-state index in [0.29, 0.717) is 24.6 Å². The Morgan fingerprint density at radius 3 is 3.00 bits per heavy atom. The van der Waals surface area contributed by atoms with Crippen LogP contribution in [0.15, 0.2) is 24.8 Å². The van der Waals surface area contributed by atoms with Crippen molar-refractivity contribution in [3.8, 4) is 0 Å². The van der Waals surface area contributed by atoms with E-state index in [-0.39, 0.29) is 11.8 Å². The zero-order valence-corrected chi connectivity index (χ0v) is 11.7. The average molecular weight is 271 g/mol. The van der Waals surface area contributed by atoms with Gasteiger partial charge in [0.25, 0.3) is 5.91 Å². The maximum atomic E-state index is 12.5. The molecule has 2 aromatic rings. The lowest BCUT2D eigenvalue weighted by Gasteiger charge is -2.27. The van der Waals surface area contributed by atoms with Crippen molar-refractivity contribution < 1.29 is 4.79 Å². The second kappa shape index (κ2) is 5.03. The van der Waals surface area contributed by atoms with E-state index in [1.807, 2.05) is 18.7 Å². The number of amides is 1. The van der Waals surface area contributed by atoms with Gasteiger partial charge in [-0.3, -0.25) is 4.79 Å². The number of imidazole rings is 1. The fourth-order valence-corrected chi connectivity index (χ4v) is 2.29. The Kier molecular flexibility index (Phi) is 3.22. The van der Waals surface area contributed by atoms with Crippen LogP contribution in [-0.2, 0) is 13.1 Å². The first-order valence-corrected chi connectivity index (χ1v) is 6.76. The van der Waals surface area contributed by atoms with E-state index in [2.05, 4.69) is 19.5 Å². The molecule has 2 aromatic heterocycles. The fraction of sp³-hybridized carbons (Fsp3) is 0.429. The molecule has 0 fully saturated rings. The Labute approximate surface area is 117 Å². The van der Waals surface area contributed by atoms with Crippen molar-refractivity contribution in [3.63, 3.8) is 0 Å². The largest absolute Gasteiger partial charge is 0.331 e. The first-order chi connectivity index (χ1) is 9.65. The Hall–Kier alpha value is -2.24. The minimum absolute atomic E-state index is 0.0400. The average Bonchev–Trinajstić information content (AvgIpc) is 2.94. The Balaban J connectivity index is 1.81. The molecular weight excluding hydrogens is 254 g/mol. The third-order valence-corrected chi connectivity index (χ3v) is 3.46. The van der Waals surface area contributed by atoms with Gasteiger partial charge in [0.1, 0.15) is 11.5 Å². The van der Waals surface area contributed by atoms with Crippen LogP contribution in [0.3, 0.4) is 0 Å². The van der Waals surface area contributed by atoms with E-state index in [0.717, 1.165) is 12.2 Å². The monoisotopic (exact) mass is 271 g/mol. The molecule has 1 aliphatic rings. The Morgan fingerprint density at radius 2 is 2.20 bits per heavy atom. The highest BCUT2D eigenvalue weighted by Crippen LogP contribution is 2.15. The number of aromatic nitrogens is 4. The molecule has 1 amide bonds. The van der Waals surface area contributed by atoms with E-state index in [9.17, 15) is 4.79 Å². The van der Waals surface area contributed by atoms with Crippen LogP contribution in [0.4, 0.5) is 0 Å². The van der Waals surface area contributed by atoms with Crippen molar-refractivity contribution in [2.24, 2.45) is 0 Å². The third-order valence-electron chi connectivity index (χ3n) is 3.46. The molecule has 0 atom stereocenters. The fourth-order valence-electron chi connectivity index (χ4n) is 2.29. The summed E-state index contributed by atoms with van der Waals surface area (Å²) in [6, 6.07) is 1.68. The minimum Gasteiger partial charge on any atom is -0.331 e. The molecule has 104 valence electrons. The van der Waals surface area contributed by atoms with Crippen LogP contribution in [0.1, 0.15) is 41.8 Å². The number of rotatable bonds is 2. The van der Waals surface area contributed by atoms with Crippen LogP contribution in [0.5, 0.6) is 0 Å². The molecule has 20 heavy (non-hydrogen) atoms. The summed E-state index contributed by atoms with van der Waals surface area (Å²) in [7, 11) is 0. The molecule has 0 spiro atoms. The van der Waals surface area contributed by atoms with E-state index >= 15 is 0 Å². The van der Waals surface area contributed by atoms with Gasteiger partial charge in [-0.05, 0) is 6.07 Å². The van der Waals surface area contributed by atoms with E-state index in [1.54, 1.807) is 24.8 Å². The molecule has 3 rings (SSSR count). The smallest absolute Gasteiger partial charge is 0.273 e. The lowest BCUT2D eigenvalue weighted by Crippen LogP contribution is -2.38. The second-order valence-corrected chi connectivity index (χ2v) is 5.26. The van der Waals surface area contributed by atoms with Crippen LogP contribution in [0.2, 0.25) is 0 Å². The van der Waals surface area contributed by atoms with Gasteiger partial charge in [0.05, 0.1) is 18.6 Å². The maximum Gasteiger partial charge on any atom is 0.273 e. The summed E-state index contributed by atoms with van der Waals surface area (Å²) in [6.45, 7) is 6.08. The first kappa shape index (κ1) is 12.8. The molecule has 0 bridgehead atoms. The van der Waals surface area contributed by atoms with Gasteiger partial charge in [0.2, 0.25) is 0 Å². The van der Waals surface area contributed by atoms with Crippen LogP contribution in [0.25, 0.3) is 0 Å². The van der Waals surface area contributed by atoms with Gasteiger partial charge in [-0.25, -0.2) is 15.0 Å². The molecular formula is C14H17N5O. The standard InChI is InChI=1S/C14H17N5O/c1-10(2)13-16-4-3-12(17-13)14(20)18-5-6-19-9-15-7-11(19)8-18/h3-4,7,9-10H,5-6,8H2,1-2H3. The van der Waals surface area contributed by atoms with E-state index in [1.165, 1.54) is 0 Å². The Bertz CT molecular complexity index is 634. The second-order valence-electron chi connectivity index (χ2n) is 5.26. The third kappa shape index (κ3) is 2.29. The Morgan fingerprint density at radius 1 is 1.35 bits per heavy atom. The van der Waals surface area contributed by atoms with E-state index < -0.39 is 0 Å². The van der Waals surface area contributed by atoms with Gasteiger partial charge in [0, 0.05) is 31.4 Å². The van der Waals surface area contributed by atoms with Gasteiger partial charge in [-0.2, -0.15) is 0 Å². The zero-order valence-electron chi connectivity index (χ0n) is 11.7. The van der Waals surface area contributed by atoms with E-state index in [4.69, 9.17) is 0 Å². The molecule has 0 saturated carbocycles. The molecule has 0 N–H and O–H groups in total. The topological polar surface area (TPSA) is 63.9 Å². The maximum absolute atomic E-state index is 12.5. The zero-order chi connectivity index (χ0) is 14.1. The first-order valence-electron chi connectivity index (χ1n) is 6.76. The molecule has 1 aliphatic heterocycles. The van der Waals surface area contributed by atoms with Crippen molar-refractivity contribution in [1.82, 2.24) is 24.4 Å². The summed E-state index contributed by atoms with van der Waals surface area (Å²) in [5.74, 6) is 0.880. The number of hydrogen-bond donors (Lipinski definition) is 0. The van der Waals surface area contributed by atoms with Crippen molar-refractivity contribution in [2.45, 2.75) is 32.9 Å². The predicted octanol–water partition coefficient (Wildman–Crippen LogP) is 1.45. The highest BCUT2D eigenvalue weighted by atomic mass is 16.2. The van der Waals surface area contributed by atoms with Gasteiger partial charge in [-0.1, -0.05) is 13.8 Å². The van der Waals surface area contributed by atoms with Crippen LogP contribution in [0, 0.1) is 0 Å². The van der Waals surface area contributed by atoms with Gasteiger partial charge in [0.15, 0.2) is 0 Å². The number of nitrogens with zero attached hydrogens (tertiary/aromatic N) is 5. The minimum atomic E-state index is -0.0400. The van der Waals surface area contributed by atoms with Gasteiger partial charge < -0.3 is 9.47 Å². The summed E-state index contributed by atoms with van der Waals surface area (Å²) in [6.07, 6.45) is 5.27. The lowest BCUT2D eigenvalue weighted by molar-refractivity contribution is 0.0704. The molecule has 0 saturated heterocycles. The van der Waals surface area contributed by atoms with Crippen molar-refractivity contribution >= 4 is 5.91 Å². The van der Waals surface area contributed by atoms with Crippen LogP contribution < -0.4 is 0 Å². The summed E-state index contributed by atoms with van der Waals surface area (Å²) in [4.78, 5) is 27.0. The summed E-state index contributed by atoms with van der Waals surface area (Å²) in [5.41, 5.74) is 1.53. The van der Waals surface area contributed by atoms with Gasteiger partial charge in [-0.15, -0.1) is 0 Å².